The lowest BCUT2D eigenvalue weighted by atomic mass is 10.0. The lowest BCUT2D eigenvalue weighted by Gasteiger charge is -2.43. The molecule has 2 heterocycles. The Morgan fingerprint density at radius 1 is 1.33 bits per heavy atom. The van der Waals surface area contributed by atoms with Crippen molar-refractivity contribution in [2.75, 3.05) is 18.8 Å². The monoisotopic (exact) mass is 186 g/mol. The van der Waals surface area contributed by atoms with Gasteiger partial charge in [-0.2, -0.15) is 0 Å². The fourth-order valence-corrected chi connectivity index (χ4v) is 3.75. The number of hydrogen-bond donors (Lipinski definition) is 2. The van der Waals surface area contributed by atoms with Crippen LogP contribution in [0.4, 0.5) is 0 Å². The molecule has 0 bridgehead atoms. The lowest BCUT2D eigenvalue weighted by Crippen LogP contribution is -2.55. The molecule has 1 spiro atoms. The zero-order valence-electron chi connectivity index (χ0n) is 7.73. The fraction of sp³-hybridized carbons (Fsp3) is 1.00. The zero-order valence-corrected chi connectivity index (χ0v) is 8.54. The second-order valence-electron chi connectivity index (χ2n) is 3.93. The minimum Gasteiger partial charge on any atom is -0.317 e. The minimum atomic E-state index is 0.433. The van der Waals surface area contributed by atoms with E-state index in [4.69, 9.17) is 0 Å². The molecule has 0 radical (unpaired) electrons. The van der Waals surface area contributed by atoms with Crippen LogP contribution >= 0.6 is 11.8 Å². The molecule has 0 saturated carbocycles. The van der Waals surface area contributed by atoms with Crippen LogP contribution in [0.15, 0.2) is 0 Å². The van der Waals surface area contributed by atoms with E-state index in [0.717, 1.165) is 6.04 Å². The molecular formula is C9H18N2S. The van der Waals surface area contributed by atoms with Crippen molar-refractivity contribution in [2.45, 2.75) is 37.1 Å². The molecule has 12 heavy (non-hydrogen) atoms. The van der Waals surface area contributed by atoms with Crippen LogP contribution in [0.3, 0.4) is 0 Å². The van der Waals surface area contributed by atoms with E-state index in [1.54, 1.807) is 0 Å². The largest absolute Gasteiger partial charge is 0.317 e. The molecule has 0 aromatic carbocycles. The summed E-state index contributed by atoms with van der Waals surface area (Å²) < 4.78 is 0. The molecule has 2 aliphatic rings. The molecule has 2 saturated heterocycles. The highest BCUT2D eigenvalue weighted by Gasteiger charge is 2.35. The van der Waals surface area contributed by atoms with Crippen molar-refractivity contribution in [1.29, 1.82) is 0 Å². The van der Waals surface area contributed by atoms with Gasteiger partial charge in [-0.1, -0.05) is 0 Å². The summed E-state index contributed by atoms with van der Waals surface area (Å²) >= 11 is 2.14. The quantitative estimate of drug-likeness (QED) is 0.594. The Hall–Kier alpha value is 0.270. The lowest BCUT2D eigenvalue weighted by molar-refractivity contribution is 0.309. The van der Waals surface area contributed by atoms with Crippen LogP contribution < -0.4 is 10.6 Å². The maximum absolute atomic E-state index is 3.75. The van der Waals surface area contributed by atoms with Gasteiger partial charge >= 0.3 is 0 Å². The number of nitrogens with one attached hydrogen (secondary N) is 2. The Morgan fingerprint density at radius 3 is 2.75 bits per heavy atom. The molecule has 2 N–H and O–H groups in total. The Labute approximate surface area is 78.9 Å². The molecule has 1 unspecified atom stereocenters. The number of rotatable bonds is 0. The first-order valence-electron chi connectivity index (χ1n) is 4.93. The molecule has 70 valence electrons. The van der Waals surface area contributed by atoms with Crippen LogP contribution in [0.25, 0.3) is 0 Å². The second kappa shape index (κ2) is 3.56. The van der Waals surface area contributed by atoms with Gasteiger partial charge in [-0.3, -0.25) is 0 Å². The average Bonchev–Trinajstić information content (AvgIpc) is 2.05. The number of thioether (sulfide) groups is 1. The van der Waals surface area contributed by atoms with E-state index in [9.17, 15) is 0 Å². The Morgan fingerprint density at radius 2 is 2.08 bits per heavy atom. The van der Waals surface area contributed by atoms with Gasteiger partial charge < -0.3 is 10.6 Å². The van der Waals surface area contributed by atoms with Gasteiger partial charge in [0.1, 0.15) is 0 Å². The zero-order chi connectivity index (χ0) is 8.44. The van der Waals surface area contributed by atoms with E-state index in [0.29, 0.717) is 4.87 Å². The highest BCUT2D eigenvalue weighted by molar-refractivity contribution is 8.00. The van der Waals surface area contributed by atoms with Crippen molar-refractivity contribution in [1.82, 2.24) is 10.6 Å². The second-order valence-corrected chi connectivity index (χ2v) is 5.41. The molecule has 2 nitrogen and oxygen atoms in total. The van der Waals surface area contributed by atoms with Gasteiger partial charge in [-0.25, -0.2) is 0 Å². The van der Waals surface area contributed by atoms with Crippen molar-refractivity contribution in [3.63, 3.8) is 0 Å². The van der Waals surface area contributed by atoms with Crippen LogP contribution in [-0.4, -0.2) is 29.8 Å². The molecule has 2 fully saturated rings. The van der Waals surface area contributed by atoms with Gasteiger partial charge in [0.15, 0.2) is 0 Å². The molecule has 0 aromatic heterocycles. The van der Waals surface area contributed by atoms with Crippen molar-refractivity contribution in [3.05, 3.63) is 0 Å². The summed E-state index contributed by atoms with van der Waals surface area (Å²) in [5.74, 6) is 1.34. The van der Waals surface area contributed by atoms with Gasteiger partial charge in [0.2, 0.25) is 0 Å². The van der Waals surface area contributed by atoms with E-state index >= 15 is 0 Å². The standard InChI is InChI=1S/C9H18N2S/c1-8-2-7-12-9(11-8)3-5-10-6-4-9/h8,10-11H,2-7H2,1H3. The predicted molar refractivity (Wildman–Crippen MR) is 54.5 cm³/mol. The van der Waals surface area contributed by atoms with E-state index in [1.165, 1.54) is 38.1 Å². The summed E-state index contributed by atoms with van der Waals surface area (Å²) in [6.45, 7) is 4.68. The van der Waals surface area contributed by atoms with Gasteiger partial charge in [0, 0.05) is 6.04 Å². The number of hydrogen-bond acceptors (Lipinski definition) is 3. The first kappa shape index (κ1) is 8.85. The summed E-state index contributed by atoms with van der Waals surface area (Å²) in [5.41, 5.74) is 0. The highest BCUT2D eigenvalue weighted by Crippen LogP contribution is 2.35. The molecule has 1 atom stereocenters. The van der Waals surface area contributed by atoms with Gasteiger partial charge in [-0.15, -0.1) is 11.8 Å². The topological polar surface area (TPSA) is 24.1 Å². The van der Waals surface area contributed by atoms with Crippen LogP contribution in [0.5, 0.6) is 0 Å². The summed E-state index contributed by atoms with van der Waals surface area (Å²) in [5, 5.41) is 7.17. The summed E-state index contributed by atoms with van der Waals surface area (Å²) in [6, 6.07) is 0.726. The van der Waals surface area contributed by atoms with Crippen molar-refractivity contribution >= 4 is 11.8 Å². The van der Waals surface area contributed by atoms with Crippen molar-refractivity contribution in [2.24, 2.45) is 0 Å². The summed E-state index contributed by atoms with van der Waals surface area (Å²) in [4.78, 5) is 0.433. The van der Waals surface area contributed by atoms with Crippen molar-refractivity contribution < 1.29 is 0 Å². The maximum Gasteiger partial charge on any atom is 0.0671 e. The smallest absolute Gasteiger partial charge is 0.0671 e. The van der Waals surface area contributed by atoms with Crippen LogP contribution in [-0.2, 0) is 0 Å². The molecular weight excluding hydrogens is 168 g/mol. The molecule has 2 rings (SSSR count). The third kappa shape index (κ3) is 1.78. The van der Waals surface area contributed by atoms with E-state index in [1.807, 2.05) is 0 Å². The normalized spacial score (nSPS) is 35.2. The first-order valence-corrected chi connectivity index (χ1v) is 5.92. The molecule has 0 aromatic rings. The first-order chi connectivity index (χ1) is 5.81. The van der Waals surface area contributed by atoms with Gasteiger partial charge in [0.25, 0.3) is 0 Å². The van der Waals surface area contributed by atoms with Crippen LogP contribution in [0.2, 0.25) is 0 Å². The summed E-state index contributed by atoms with van der Waals surface area (Å²) in [7, 11) is 0. The average molecular weight is 186 g/mol. The fourth-order valence-electron chi connectivity index (χ4n) is 2.11. The van der Waals surface area contributed by atoms with E-state index in [2.05, 4.69) is 29.3 Å². The third-order valence-electron chi connectivity index (χ3n) is 2.85. The minimum absolute atomic E-state index is 0.433. The highest BCUT2D eigenvalue weighted by atomic mass is 32.2. The molecule has 2 aliphatic heterocycles. The Balaban J connectivity index is 1.97. The Bertz CT molecular complexity index is 149. The summed E-state index contributed by atoms with van der Waals surface area (Å²) in [6.07, 6.45) is 3.92. The Kier molecular flexibility index (Phi) is 2.63. The van der Waals surface area contributed by atoms with Crippen LogP contribution in [0.1, 0.15) is 26.2 Å². The van der Waals surface area contributed by atoms with Crippen LogP contribution in [0, 0.1) is 0 Å². The third-order valence-corrected chi connectivity index (χ3v) is 4.37. The van der Waals surface area contributed by atoms with Gasteiger partial charge in [0.05, 0.1) is 4.87 Å². The van der Waals surface area contributed by atoms with E-state index < -0.39 is 0 Å². The van der Waals surface area contributed by atoms with Gasteiger partial charge in [-0.05, 0) is 45.0 Å². The maximum atomic E-state index is 3.75. The molecule has 0 amide bonds. The van der Waals surface area contributed by atoms with E-state index in [-0.39, 0.29) is 0 Å². The SMILES string of the molecule is CC1CCSC2(CCNCC2)N1. The molecule has 0 aliphatic carbocycles. The molecule has 3 heteroatoms. The number of piperidine rings is 1. The van der Waals surface area contributed by atoms with Crippen molar-refractivity contribution in [3.8, 4) is 0 Å². The predicted octanol–water partition coefficient (Wildman–Crippen LogP) is 1.18.